The third-order valence-corrected chi connectivity index (χ3v) is 4.01. The standard InChI is InChI=1S/C15H23N3O3/c1-3-8-18-13(9-10(2)17-18)16-14(19)11-6-4-5-7-12(11)15(20)21/h9,11-12H,3-8H2,1-2H3,(H,16,19)(H,20,21)/t11-,12-/m0/s1. The van der Waals surface area contributed by atoms with E-state index in [1.54, 1.807) is 4.68 Å². The van der Waals surface area contributed by atoms with Gasteiger partial charge in [-0.3, -0.25) is 9.59 Å². The van der Waals surface area contributed by atoms with Gasteiger partial charge in [0.1, 0.15) is 5.82 Å². The van der Waals surface area contributed by atoms with Crippen molar-refractivity contribution in [2.45, 2.75) is 52.5 Å². The first-order chi connectivity index (χ1) is 10.0. The zero-order valence-corrected chi connectivity index (χ0v) is 12.6. The number of anilines is 1. The van der Waals surface area contributed by atoms with Crippen LogP contribution < -0.4 is 5.32 Å². The molecule has 0 spiro atoms. The average Bonchev–Trinajstić information content (AvgIpc) is 2.79. The van der Waals surface area contributed by atoms with Crippen molar-refractivity contribution in [3.63, 3.8) is 0 Å². The summed E-state index contributed by atoms with van der Waals surface area (Å²) in [6, 6.07) is 1.83. The summed E-state index contributed by atoms with van der Waals surface area (Å²) in [5.74, 6) is -1.41. The van der Waals surface area contributed by atoms with Crippen LogP contribution in [0.1, 0.15) is 44.7 Å². The highest BCUT2D eigenvalue weighted by Crippen LogP contribution is 2.31. The molecule has 1 aliphatic rings. The summed E-state index contributed by atoms with van der Waals surface area (Å²) in [6.45, 7) is 4.66. The fourth-order valence-corrected chi connectivity index (χ4v) is 2.99. The summed E-state index contributed by atoms with van der Waals surface area (Å²) in [5, 5.41) is 16.5. The van der Waals surface area contributed by atoms with Gasteiger partial charge in [-0.1, -0.05) is 19.8 Å². The molecule has 0 saturated heterocycles. The summed E-state index contributed by atoms with van der Waals surface area (Å²) < 4.78 is 1.77. The first-order valence-electron chi connectivity index (χ1n) is 7.61. The Bertz CT molecular complexity index is 524. The van der Waals surface area contributed by atoms with Gasteiger partial charge in [0.15, 0.2) is 0 Å². The Morgan fingerprint density at radius 3 is 2.67 bits per heavy atom. The molecule has 1 aromatic rings. The number of hydrogen-bond donors (Lipinski definition) is 2. The minimum absolute atomic E-state index is 0.195. The van der Waals surface area contributed by atoms with E-state index in [0.29, 0.717) is 18.7 Å². The monoisotopic (exact) mass is 293 g/mol. The molecule has 1 aromatic heterocycles. The Kier molecular flexibility index (Phi) is 4.98. The van der Waals surface area contributed by atoms with Crippen molar-refractivity contribution in [2.75, 3.05) is 5.32 Å². The van der Waals surface area contributed by atoms with Gasteiger partial charge in [0, 0.05) is 12.6 Å². The number of rotatable bonds is 5. The Hall–Kier alpha value is -1.85. The van der Waals surface area contributed by atoms with Gasteiger partial charge < -0.3 is 10.4 Å². The molecule has 21 heavy (non-hydrogen) atoms. The number of carbonyl (C=O) groups excluding carboxylic acids is 1. The van der Waals surface area contributed by atoms with Crippen molar-refractivity contribution in [1.29, 1.82) is 0 Å². The van der Waals surface area contributed by atoms with E-state index < -0.39 is 17.8 Å². The van der Waals surface area contributed by atoms with E-state index in [4.69, 9.17) is 0 Å². The number of carbonyl (C=O) groups is 2. The summed E-state index contributed by atoms with van der Waals surface area (Å²) >= 11 is 0. The van der Waals surface area contributed by atoms with E-state index in [2.05, 4.69) is 10.4 Å². The van der Waals surface area contributed by atoms with Crippen LogP contribution in [0.5, 0.6) is 0 Å². The van der Waals surface area contributed by atoms with Crippen molar-refractivity contribution >= 4 is 17.7 Å². The molecule has 2 rings (SSSR count). The summed E-state index contributed by atoms with van der Waals surface area (Å²) in [6.07, 6.45) is 3.94. The molecule has 0 unspecified atom stereocenters. The predicted octanol–water partition coefficient (Wildman–Crippen LogP) is 2.43. The lowest BCUT2D eigenvalue weighted by atomic mass is 9.79. The van der Waals surface area contributed by atoms with Crippen molar-refractivity contribution in [3.05, 3.63) is 11.8 Å². The van der Waals surface area contributed by atoms with E-state index in [1.165, 1.54) is 0 Å². The molecule has 1 saturated carbocycles. The van der Waals surface area contributed by atoms with Crippen LogP contribution in [-0.2, 0) is 16.1 Å². The number of carboxylic acids is 1. The molecule has 6 nitrogen and oxygen atoms in total. The molecule has 0 aromatic carbocycles. The molecule has 0 aliphatic heterocycles. The fourth-order valence-electron chi connectivity index (χ4n) is 2.99. The van der Waals surface area contributed by atoms with Gasteiger partial charge in [-0.25, -0.2) is 4.68 Å². The smallest absolute Gasteiger partial charge is 0.307 e. The van der Waals surface area contributed by atoms with Gasteiger partial charge >= 0.3 is 5.97 Å². The quantitative estimate of drug-likeness (QED) is 0.873. The minimum Gasteiger partial charge on any atom is -0.481 e. The topological polar surface area (TPSA) is 84.2 Å². The highest BCUT2D eigenvalue weighted by atomic mass is 16.4. The predicted molar refractivity (Wildman–Crippen MR) is 79.0 cm³/mol. The van der Waals surface area contributed by atoms with Crippen LogP contribution in [0, 0.1) is 18.8 Å². The highest BCUT2D eigenvalue weighted by molar-refractivity contribution is 5.94. The maximum Gasteiger partial charge on any atom is 0.307 e. The molecule has 2 N–H and O–H groups in total. The number of aromatic nitrogens is 2. The van der Waals surface area contributed by atoms with Gasteiger partial charge in [0.05, 0.1) is 17.5 Å². The molecule has 1 aliphatic carbocycles. The Morgan fingerprint density at radius 2 is 2.05 bits per heavy atom. The van der Waals surface area contributed by atoms with E-state index >= 15 is 0 Å². The second-order valence-electron chi connectivity index (χ2n) is 5.72. The summed E-state index contributed by atoms with van der Waals surface area (Å²) in [5.41, 5.74) is 0.845. The average molecular weight is 293 g/mol. The fraction of sp³-hybridized carbons (Fsp3) is 0.667. The van der Waals surface area contributed by atoms with Gasteiger partial charge in [-0.05, 0) is 26.2 Å². The third kappa shape index (κ3) is 3.62. The van der Waals surface area contributed by atoms with Crippen molar-refractivity contribution in [1.82, 2.24) is 9.78 Å². The van der Waals surface area contributed by atoms with E-state index in [1.807, 2.05) is 19.9 Å². The molecule has 2 atom stereocenters. The molecule has 1 fully saturated rings. The summed E-state index contributed by atoms with van der Waals surface area (Å²) in [7, 11) is 0. The second-order valence-corrected chi connectivity index (χ2v) is 5.72. The van der Waals surface area contributed by atoms with E-state index in [0.717, 1.165) is 31.5 Å². The van der Waals surface area contributed by atoms with Crippen LogP contribution in [0.25, 0.3) is 0 Å². The zero-order chi connectivity index (χ0) is 15.4. The lowest BCUT2D eigenvalue weighted by molar-refractivity contribution is -0.147. The molecule has 0 radical (unpaired) electrons. The van der Waals surface area contributed by atoms with Crippen LogP contribution in [0.4, 0.5) is 5.82 Å². The molecule has 0 bridgehead atoms. The third-order valence-electron chi connectivity index (χ3n) is 4.01. The first-order valence-corrected chi connectivity index (χ1v) is 7.61. The lowest BCUT2D eigenvalue weighted by Crippen LogP contribution is -2.36. The molecular formula is C15H23N3O3. The summed E-state index contributed by atoms with van der Waals surface area (Å²) in [4.78, 5) is 23.7. The van der Waals surface area contributed by atoms with Crippen LogP contribution in [0.2, 0.25) is 0 Å². The van der Waals surface area contributed by atoms with Gasteiger partial charge in [0.25, 0.3) is 0 Å². The highest BCUT2D eigenvalue weighted by Gasteiger charge is 2.36. The van der Waals surface area contributed by atoms with Gasteiger partial charge in [0.2, 0.25) is 5.91 Å². The van der Waals surface area contributed by atoms with Crippen molar-refractivity contribution in [3.8, 4) is 0 Å². The number of aryl methyl sites for hydroxylation is 2. The number of nitrogens with one attached hydrogen (secondary N) is 1. The molecular weight excluding hydrogens is 270 g/mol. The van der Waals surface area contributed by atoms with Crippen LogP contribution >= 0.6 is 0 Å². The second kappa shape index (κ2) is 6.74. The van der Waals surface area contributed by atoms with Gasteiger partial charge in [-0.2, -0.15) is 5.10 Å². The number of hydrogen-bond acceptors (Lipinski definition) is 3. The number of nitrogens with zero attached hydrogens (tertiary/aromatic N) is 2. The largest absolute Gasteiger partial charge is 0.481 e. The minimum atomic E-state index is -0.868. The first kappa shape index (κ1) is 15.5. The van der Waals surface area contributed by atoms with E-state index in [-0.39, 0.29) is 5.91 Å². The van der Waals surface area contributed by atoms with Crippen LogP contribution in [-0.4, -0.2) is 26.8 Å². The Labute approximate surface area is 124 Å². The number of amides is 1. The van der Waals surface area contributed by atoms with Crippen molar-refractivity contribution < 1.29 is 14.7 Å². The SMILES string of the molecule is CCCn1nc(C)cc1NC(=O)[C@H]1CCCC[C@@H]1C(=O)O. The molecule has 1 amide bonds. The molecule has 116 valence electrons. The van der Waals surface area contributed by atoms with Gasteiger partial charge in [-0.15, -0.1) is 0 Å². The lowest BCUT2D eigenvalue weighted by Gasteiger charge is -2.27. The number of aliphatic carboxylic acids is 1. The maximum absolute atomic E-state index is 12.4. The molecule has 6 heteroatoms. The van der Waals surface area contributed by atoms with Crippen molar-refractivity contribution in [2.24, 2.45) is 11.8 Å². The maximum atomic E-state index is 12.4. The molecule has 1 heterocycles. The zero-order valence-electron chi connectivity index (χ0n) is 12.6. The Morgan fingerprint density at radius 1 is 1.38 bits per heavy atom. The Balaban J connectivity index is 2.11. The van der Waals surface area contributed by atoms with Crippen LogP contribution in [0.3, 0.4) is 0 Å². The van der Waals surface area contributed by atoms with E-state index in [9.17, 15) is 14.7 Å². The van der Waals surface area contributed by atoms with Crippen LogP contribution in [0.15, 0.2) is 6.07 Å². The normalized spacial score (nSPS) is 22.0. The number of carboxylic acid groups (broad SMARTS) is 1.